The minimum atomic E-state index is -0.536. The van der Waals surface area contributed by atoms with Crippen LogP contribution in [-0.2, 0) is 16.1 Å². The fraction of sp³-hybridized carbons (Fsp3) is 0.238. The number of benzene rings is 2. The summed E-state index contributed by atoms with van der Waals surface area (Å²) < 4.78 is 18.3. The van der Waals surface area contributed by atoms with E-state index in [1.807, 2.05) is 4.90 Å². The molecule has 1 fully saturated rings. The number of carbonyl (C=O) groups excluding carboxylic acids is 2. The van der Waals surface area contributed by atoms with Crippen LogP contribution in [0.25, 0.3) is 6.08 Å². The Kier molecular flexibility index (Phi) is 5.86. The Morgan fingerprint density at radius 1 is 1.11 bits per heavy atom. The van der Waals surface area contributed by atoms with Crippen LogP contribution < -0.4 is 10.5 Å². The van der Waals surface area contributed by atoms with E-state index in [1.165, 1.54) is 12.1 Å². The van der Waals surface area contributed by atoms with Crippen LogP contribution in [-0.4, -0.2) is 29.4 Å². The summed E-state index contributed by atoms with van der Waals surface area (Å²) in [6.45, 7) is 0.293. The number of rotatable bonds is 8. The van der Waals surface area contributed by atoms with Crippen molar-refractivity contribution in [2.75, 3.05) is 6.61 Å². The van der Waals surface area contributed by atoms with Crippen LogP contribution in [0.3, 0.4) is 0 Å². The normalized spacial score (nSPS) is 13.5. The first-order valence-corrected chi connectivity index (χ1v) is 8.75. The molecule has 0 saturated heterocycles. The highest BCUT2D eigenvalue weighted by molar-refractivity contribution is 5.92. The van der Waals surface area contributed by atoms with Crippen LogP contribution in [0.1, 0.15) is 24.0 Å². The predicted octanol–water partition coefficient (Wildman–Crippen LogP) is 2.89. The molecule has 3 rings (SSSR count). The minimum absolute atomic E-state index is 0.0733. The number of nitrogens with two attached hydrogens (primary N) is 1. The molecule has 2 amide bonds. The van der Waals surface area contributed by atoms with Crippen molar-refractivity contribution in [3.63, 3.8) is 0 Å². The van der Waals surface area contributed by atoms with E-state index in [2.05, 4.69) is 0 Å². The average molecular weight is 368 g/mol. The second kappa shape index (κ2) is 8.49. The Morgan fingerprint density at radius 2 is 1.78 bits per heavy atom. The predicted molar refractivity (Wildman–Crippen MR) is 100 cm³/mol. The van der Waals surface area contributed by atoms with Gasteiger partial charge in [0.25, 0.3) is 5.91 Å². The quantitative estimate of drug-likeness (QED) is 0.728. The summed E-state index contributed by atoms with van der Waals surface area (Å²) in [7, 11) is 0. The van der Waals surface area contributed by atoms with Crippen molar-refractivity contribution in [2.45, 2.75) is 25.4 Å². The van der Waals surface area contributed by atoms with Crippen molar-refractivity contribution in [1.29, 1.82) is 0 Å². The van der Waals surface area contributed by atoms with Crippen molar-refractivity contribution in [2.24, 2.45) is 5.73 Å². The molecule has 0 spiro atoms. The molecule has 2 aromatic rings. The summed E-state index contributed by atoms with van der Waals surface area (Å²) in [5, 5.41) is 0. The van der Waals surface area contributed by atoms with Crippen LogP contribution >= 0.6 is 0 Å². The zero-order valence-electron chi connectivity index (χ0n) is 14.8. The molecule has 2 aromatic carbocycles. The molecule has 0 aliphatic heterocycles. The molecule has 1 aliphatic rings. The number of primary amides is 1. The Labute approximate surface area is 157 Å². The van der Waals surface area contributed by atoms with E-state index in [-0.39, 0.29) is 24.4 Å². The van der Waals surface area contributed by atoms with Crippen molar-refractivity contribution >= 4 is 17.9 Å². The molecule has 140 valence electrons. The summed E-state index contributed by atoms with van der Waals surface area (Å²) in [5.41, 5.74) is 6.78. The Morgan fingerprint density at radius 3 is 2.37 bits per heavy atom. The van der Waals surface area contributed by atoms with Gasteiger partial charge in [0.05, 0.1) is 0 Å². The van der Waals surface area contributed by atoms with Gasteiger partial charge in [-0.05, 0) is 54.3 Å². The maximum atomic E-state index is 13.1. The highest BCUT2D eigenvalue weighted by Crippen LogP contribution is 2.29. The van der Waals surface area contributed by atoms with Gasteiger partial charge in [0.15, 0.2) is 6.61 Å². The van der Waals surface area contributed by atoms with Crippen molar-refractivity contribution in [3.8, 4) is 5.75 Å². The third-order valence-electron chi connectivity index (χ3n) is 4.22. The van der Waals surface area contributed by atoms with Gasteiger partial charge >= 0.3 is 0 Å². The lowest BCUT2D eigenvalue weighted by Gasteiger charge is -2.21. The molecule has 0 aromatic heterocycles. The zero-order chi connectivity index (χ0) is 19.2. The standard InChI is InChI=1S/C21H21FN2O3/c22-17-6-1-16(2-7-17)13-24(18-8-9-18)21(26)12-5-15-3-10-19(11-4-15)27-14-20(23)25/h1-7,10-12,18H,8-9,13-14H2,(H2,23,25)/b12-5+. The Bertz CT molecular complexity index is 828. The van der Waals surface area contributed by atoms with E-state index < -0.39 is 5.91 Å². The molecular formula is C21H21FN2O3. The van der Waals surface area contributed by atoms with Crippen LogP contribution in [0.4, 0.5) is 4.39 Å². The van der Waals surface area contributed by atoms with E-state index in [0.29, 0.717) is 12.3 Å². The maximum absolute atomic E-state index is 13.1. The highest BCUT2D eigenvalue weighted by atomic mass is 19.1. The largest absolute Gasteiger partial charge is 0.484 e. The van der Waals surface area contributed by atoms with Crippen molar-refractivity contribution < 1.29 is 18.7 Å². The van der Waals surface area contributed by atoms with Gasteiger partial charge in [-0.3, -0.25) is 9.59 Å². The molecule has 1 aliphatic carbocycles. The van der Waals surface area contributed by atoms with Gasteiger partial charge in [-0.1, -0.05) is 24.3 Å². The third kappa shape index (κ3) is 5.67. The third-order valence-corrected chi connectivity index (χ3v) is 4.22. The monoisotopic (exact) mass is 368 g/mol. The van der Waals surface area contributed by atoms with Crippen molar-refractivity contribution in [1.82, 2.24) is 4.90 Å². The average Bonchev–Trinajstić information content (AvgIpc) is 3.50. The van der Waals surface area contributed by atoms with Crippen LogP contribution in [0.2, 0.25) is 0 Å². The molecule has 2 N–H and O–H groups in total. The number of hydrogen-bond donors (Lipinski definition) is 1. The van der Waals surface area contributed by atoms with E-state index in [0.717, 1.165) is 24.0 Å². The van der Waals surface area contributed by atoms with E-state index in [9.17, 15) is 14.0 Å². The fourth-order valence-electron chi connectivity index (χ4n) is 2.65. The van der Waals surface area contributed by atoms with Crippen LogP contribution in [0.5, 0.6) is 5.75 Å². The number of halogens is 1. The number of hydrogen-bond acceptors (Lipinski definition) is 3. The lowest BCUT2D eigenvalue weighted by Crippen LogP contribution is -2.31. The maximum Gasteiger partial charge on any atom is 0.255 e. The molecule has 0 bridgehead atoms. The first-order valence-electron chi connectivity index (χ1n) is 8.75. The second-order valence-electron chi connectivity index (χ2n) is 6.48. The van der Waals surface area contributed by atoms with Crippen LogP contribution in [0.15, 0.2) is 54.6 Å². The molecule has 5 nitrogen and oxygen atoms in total. The highest BCUT2D eigenvalue weighted by Gasteiger charge is 2.31. The van der Waals surface area contributed by atoms with Gasteiger partial charge in [-0.25, -0.2) is 4.39 Å². The number of carbonyl (C=O) groups is 2. The lowest BCUT2D eigenvalue weighted by atomic mass is 10.2. The van der Waals surface area contributed by atoms with E-state index in [4.69, 9.17) is 10.5 Å². The summed E-state index contributed by atoms with van der Waals surface area (Å²) >= 11 is 0. The van der Waals surface area contributed by atoms with Gasteiger partial charge in [0, 0.05) is 18.7 Å². The Hall–Kier alpha value is -3.15. The summed E-state index contributed by atoms with van der Waals surface area (Å²) in [5.74, 6) is -0.360. The van der Waals surface area contributed by atoms with Gasteiger partial charge in [0.2, 0.25) is 5.91 Å². The molecular weight excluding hydrogens is 347 g/mol. The number of nitrogens with zero attached hydrogens (tertiary/aromatic N) is 1. The van der Waals surface area contributed by atoms with Crippen molar-refractivity contribution in [3.05, 3.63) is 71.6 Å². The first-order chi connectivity index (χ1) is 13.0. The summed E-state index contributed by atoms with van der Waals surface area (Å²) in [6, 6.07) is 13.5. The summed E-state index contributed by atoms with van der Waals surface area (Å²) in [4.78, 5) is 25.1. The number of ether oxygens (including phenoxy) is 1. The Balaban J connectivity index is 1.61. The molecule has 1 saturated carbocycles. The molecule has 0 unspecified atom stereocenters. The zero-order valence-corrected chi connectivity index (χ0v) is 14.8. The molecule has 27 heavy (non-hydrogen) atoms. The minimum Gasteiger partial charge on any atom is -0.484 e. The second-order valence-corrected chi connectivity index (χ2v) is 6.48. The summed E-state index contributed by atoms with van der Waals surface area (Å²) in [6.07, 6.45) is 5.26. The SMILES string of the molecule is NC(=O)COc1ccc(/C=C/C(=O)N(Cc2ccc(F)cc2)C2CC2)cc1. The van der Waals surface area contributed by atoms with Gasteiger partial charge in [-0.15, -0.1) is 0 Å². The number of amides is 2. The van der Waals surface area contributed by atoms with E-state index >= 15 is 0 Å². The van der Waals surface area contributed by atoms with Gasteiger partial charge < -0.3 is 15.4 Å². The molecule has 0 radical (unpaired) electrons. The van der Waals surface area contributed by atoms with Gasteiger partial charge in [-0.2, -0.15) is 0 Å². The van der Waals surface area contributed by atoms with Crippen LogP contribution in [0, 0.1) is 5.82 Å². The topological polar surface area (TPSA) is 72.6 Å². The molecule has 0 atom stereocenters. The van der Waals surface area contributed by atoms with Gasteiger partial charge in [0.1, 0.15) is 11.6 Å². The molecule has 6 heteroatoms. The molecule has 0 heterocycles. The first kappa shape index (κ1) is 18.6. The fourth-order valence-corrected chi connectivity index (χ4v) is 2.65. The lowest BCUT2D eigenvalue weighted by molar-refractivity contribution is -0.127. The smallest absolute Gasteiger partial charge is 0.255 e. The van der Waals surface area contributed by atoms with E-state index in [1.54, 1.807) is 48.6 Å².